The molecule has 2 aromatic rings. The molecule has 0 radical (unpaired) electrons. The summed E-state index contributed by atoms with van der Waals surface area (Å²) in [6, 6.07) is 4.03. The Morgan fingerprint density at radius 3 is 3.26 bits per heavy atom. The number of rotatable bonds is 4. The molecule has 3 heterocycles. The van der Waals surface area contributed by atoms with Crippen molar-refractivity contribution in [1.82, 2.24) is 14.7 Å². The van der Waals surface area contributed by atoms with E-state index in [1.165, 1.54) is 18.5 Å². The van der Waals surface area contributed by atoms with Crippen molar-refractivity contribution in [1.29, 1.82) is 0 Å². The summed E-state index contributed by atoms with van der Waals surface area (Å²) in [5.74, 6) is 0.652. The molecule has 0 aromatic carbocycles. The molecule has 102 valence electrons. The van der Waals surface area contributed by atoms with Crippen LogP contribution in [0.2, 0.25) is 0 Å². The van der Waals surface area contributed by atoms with Gasteiger partial charge >= 0.3 is 0 Å². The number of halogens is 1. The van der Waals surface area contributed by atoms with E-state index < -0.39 is 0 Å². The van der Waals surface area contributed by atoms with Crippen LogP contribution in [0.3, 0.4) is 0 Å². The van der Waals surface area contributed by atoms with Crippen molar-refractivity contribution in [2.45, 2.75) is 19.4 Å². The molecule has 1 aliphatic rings. The van der Waals surface area contributed by atoms with Gasteiger partial charge in [-0.3, -0.25) is 0 Å². The molecule has 2 aromatic heterocycles. The van der Waals surface area contributed by atoms with Crippen LogP contribution >= 0.6 is 15.9 Å². The van der Waals surface area contributed by atoms with Crippen molar-refractivity contribution in [3.05, 3.63) is 34.7 Å². The summed E-state index contributed by atoms with van der Waals surface area (Å²) in [6.45, 7) is 3.68. The van der Waals surface area contributed by atoms with E-state index in [2.05, 4.69) is 36.8 Å². The highest BCUT2D eigenvalue weighted by Crippen LogP contribution is 2.15. The molecule has 0 spiro atoms. The first-order valence-electron chi connectivity index (χ1n) is 6.73. The quantitative estimate of drug-likeness (QED) is 0.940. The molecule has 0 amide bonds. The molecule has 19 heavy (non-hydrogen) atoms. The van der Waals surface area contributed by atoms with E-state index in [-0.39, 0.29) is 0 Å². The smallest absolute Gasteiger partial charge is 0.136 e. The first-order chi connectivity index (χ1) is 9.33. The van der Waals surface area contributed by atoms with Crippen LogP contribution in [0.1, 0.15) is 18.5 Å². The molecule has 0 saturated carbocycles. The Hall–Kier alpha value is -0.910. The summed E-state index contributed by atoms with van der Waals surface area (Å²) in [7, 11) is 0. The minimum absolute atomic E-state index is 0.652. The normalized spacial score (nSPS) is 19.9. The summed E-state index contributed by atoms with van der Waals surface area (Å²) in [5.41, 5.74) is 2.18. The van der Waals surface area contributed by atoms with Crippen LogP contribution in [0, 0.1) is 5.92 Å². The Kier molecular flexibility index (Phi) is 4.15. The number of imidazole rings is 1. The fraction of sp³-hybridized carbons (Fsp3) is 0.500. The SMILES string of the molecule is Brc1ccc2ncc(CNCC3CCCOC3)n2c1. The molecule has 5 heteroatoms. The van der Waals surface area contributed by atoms with Crippen molar-refractivity contribution in [2.24, 2.45) is 5.92 Å². The topological polar surface area (TPSA) is 38.6 Å². The zero-order valence-electron chi connectivity index (χ0n) is 10.8. The Labute approximate surface area is 121 Å². The van der Waals surface area contributed by atoms with Crippen molar-refractivity contribution in [2.75, 3.05) is 19.8 Å². The number of aromatic nitrogens is 2. The Bertz CT molecular complexity index is 549. The van der Waals surface area contributed by atoms with Gasteiger partial charge in [-0.1, -0.05) is 0 Å². The Balaban J connectivity index is 1.60. The zero-order valence-corrected chi connectivity index (χ0v) is 12.4. The van der Waals surface area contributed by atoms with E-state index in [0.717, 1.165) is 36.4 Å². The van der Waals surface area contributed by atoms with E-state index in [0.29, 0.717) is 5.92 Å². The minimum atomic E-state index is 0.652. The maximum absolute atomic E-state index is 5.49. The fourth-order valence-electron chi connectivity index (χ4n) is 2.51. The van der Waals surface area contributed by atoms with E-state index in [1.54, 1.807) is 0 Å². The number of fused-ring (bicyclic) bond motifs is 1. The van der Waals surface area contributed by atoms with Gasteiger partial charge in [0.25, 0.3) is 0 Å². The lowest BCUT2D eigenvalue weighted by Gasteiger charge is -2.22. The summed E-state index contributed by atoms with van der Waals surface area (Å²) in [6.07, 6.45) is 6.45. The van der Waals surface area contributed by atoms with Crippen LogP contribution in [-0.4, -0.2) is 29.1 Å². The summed E-state index contributed by atoms with van der Waals surface area (Å²) >= 11 is 3.50. The Morgan fingerprint density at radius 2 is 2.42 bits per heavy atom. The lowest BCUT2D eigenvalue weighted by atomic mass is 10.0. The molecule has 1 unspecified atom stereocenters. The number of pyridine rings is 1. The monoisotopic (exact) mass is 323 g/mol. The van der Waals surface area contributed by atoms with Gasteiger partial charge in [0, 0.05) is 30.4 Å². The van der Waals surface area contributed by atoms with E-state index >= 15 is 0 Å². The van der Waals surface area contributed by atoms with Gasteiger partial charge in [-0.25, -0.2) is 4.98 Å². The van der Waals surface area contributed by atoms with Crippen LogP contribution in [0.15, 0.2) is 29.0 Å². The average molecular weight is 324 g/mol. The van der Waals surface area contributed by atoms with Gasteiger partial charge < -0.3 is 14.5 Å². The molecule has 1 aliphatic heterocycles. The third-order valence-corrected chi connectivity index (χ3v) is 4.01. The maximum atomic E-state index is 5.49. The van der Waals surface area contributed by atoms with Crippen molar-refractivity contribution >= 4 is 21.6 Å². The van der Waals surface area contributed by atoms with Gasteiger partial charge in [0.2, 0.25) is 0 Å². The van der Waals surface area contributed by atoms with Gasteiger partial charge in [-0.2, -0.15) is 0 Å². The number of hydrogen-bond donors (Lipinski definition) is 1. The van der Waals surface area contributed by atoms with Gasteiger partial charge in [-0.15, -0.1) is 0 Å². The van der Waals surface area contributed by atoms with E-state index in [9.17, 15) is 0 Å². The third kappa shape index (κ3) is 3.16. The first kappa shape index (κ1) is 13.1. The summed E-state index contributed by atoms with van der Waals surface area (Å²) < 4.78 is 8.68. The molecule has 0 bridgehead atoms. The van der Waals surface area contributed by atoms with E-state index in [1.807, 2.05) is 18.3 Å². The zero-order chi connectivity index (χ0) is 13.1. The second kappa shape index (κ2) is 6.03. The highest BCUT2D eigenvalue weighted by Gasteiger charge is 2.13. The Morgan fingerprint density at radius 1 is 1.47 bits per heavy atom. The molecular weight excluding hydrogens is 306 g/mol. The van der Waals surface area contributed by atoms with Gasteiger partial charge in [-0.05, 0) is 46.8 Å². The highest BCUT2D eigenvalue weighted by atomic mass is 79.9. The lowest BCUT2D eigenvalue weighted by molar-refractivity contribution is 0.0547. The largest absolute Gasteiger partial charge is 0.381 e. The first-order valence-corrected chi connectivity index (χ1v) is 7.52. The van der Waals surface area contributed by atoms with Gasteiger partial charge in [0.1, 0.15) is 5.65 Å². The third-order valence-electron chi connectivity index (χ3n) is 3.54. The van der Waals surface area contributed by atoms with Gasteiger partial charge in [0.05, 0.1) is 18.5 Å². The second-order valence-corrected chi connectivity index (χ2v) is 5.95. The molecule has 3 rings (SSSR count). The summed E-state index contributed by atoms with van der Waals surface area (Å²) in [4.78, 5) is 4.40. The summed E-state index contributed by atoms with van der Waals surface area (Å²) in [5, 5.41) is 3.51. The van der Waals surface area contributed by atoms with E-state index in [4.69, 9.17) is 4.74 Å². The van der Waals surface area contributed by atoms with Crippen molar-refractivity contribution < 1.29 is 4.74 Å². The predicted octanol–water partition coefficient (Wildman–Crippen LogP) is 2.61. The maximum Gasteiger partial charge on any atom is 0.136 e. The number of hydrogen-bond acceptors (Lipinski definition) is 3. The average Bonchev–Trinajstić information content (AvgIpc) is 2.83. The lowest BCUT2D eigenvalue weighted by Crippen LogP contribution is -2.29. The minimum Gasteiger partial charge on any atom is -0.381 e. The van der Waals surface area contributed by atoms with Crippen LogP contribution in [-0.2, 0) is 11.3 Å². The second-order valence-electron chi connectivity index (χ2n) is 5.04. The predicted molar refractivity (Wildman–Crippen MR) is 78.1 cm³/mol. The molecular formula is C14H18BrN3O. The number of ether oxygens (including phenoxy) is 1. The molecule has 1 N–H and O–H groups in total. The molecule has 0 aliphatic carbocycles. The highest BCUT2D eigenvalue weighted by molar-refractivity contribution is 9.10. The molecule has 1 atom stereocenters. The van der Waals surface area contributed by atoms with Crippen LogP contribution < -0.4 is 5.32 Å². The molecule has 1 saturated heterocycles. The number of nitrogens with one attached hydrogen (secondary N) is 1. The van der Waals surface area contributed by atoms with Crippen LogP contribution in [0.4, 0.5) is 0 Å². The number of nitrogens with zero attached hydrogens (tertiary/aromatic N) is 2. The molecule has 1 fully saturated rings. The molecule has 4 nitrogen and oxygen atoms in total. The standard InChI is InChI=1S/C14H18BrN3O/c15-12-3-4-14-17-8-13(18(14)9-12)7-16-6-11-2-1-5-19-10-11/h3-4,8-9,11,16H,1-2,5-7,10H2. The van der Waals surface area contributed by atoms with Crippen molar-refractivity contribution in [3.8, 4) is 0 Å². The van der Waals surface area contributed by atoms with Gasteiger partial charge in [0.15, 0.2) is 0 Å². The van der Waals surface area contributed by atoms with Crippen LogP contribution in [0.25, 0.3) is 5.65 Å². The fourth-order valence-corrected chi connectivity index (χ4v) is 2.85. The van der Waals surface area contributed by atoms with Crippen LogP contribution in [0.5, 0.6) is 0 Å². The van der Waals surface area contributed by atoms with Crippen molar-refractivity contribution in [3.63, 3.8) is 0 Å².